The Morgan fingerprint density at radius 3 is 2.48 bits per heavy atom. The summed E-state index contributed by atoms with van der Waals surface area (Å²) in [4.78, 5) is 15.4. The van der Waals surface area contributed by atoms with E-state index in [1.54, 1.807) is 0 Å². The lowest BCUT2D eigenvalue weighted by Crippen LogP contribution is -2.06. The van der Waals surface area contributed by atoms with Gasteiger partial charge in [0.1, 0.15) is 6.10 Å². The number of carbonyl (C=O) groups is 1. The van der Waals surface area contributed by atoms with Gasteiger partial charge in [-0.2, -0.15) is 0 Å². The van der Waals surface area contributed by atoms with Crippen molar-refractivity contribution in [1.29, 1.82) is 0 Å². The summed E-state index contributed by atoms with van der Waals surface area (Å²) in [5, 5.41) is 8.81. The van der Waals surface area contributed by atoms with E-state index in [4.69, 9.17) is 5.26 Å². The van der Waals surface area contributed by atoms with Crippen LogP contribution in [-0.2, 0) is 14.4 Å². The van der Waals surface area contributed by atoms with Crippen LogP contribution in [0.5, 0.6) is 0 Å². The smallest absolute Gasteiger partial charge is 0.305 e. The SMILES string of the molecule is CCCCCC(C=CC=CCCCCCCCC(=O)OC)OO. The molecule has 0 aromatic carbocycles. The quantitative estimate of drug-likeness (QED) is 0.143. The van der Waals surface area contributed by atoms with Gasteiger partial charge in [0.05, 0.1) is 7.11 Å². The summed E-state index contributed by atoms with van der Waals surface area (Å²) < 4.78 is 4.61. The fourth-order valence-electron chi connectivity index (χ4n) is 2.31. The molecule has 0 fully saturated rings. The van der Waals surface area contributed by atoms with Gasteiger partial charge in [0.15, 0.2) is 0 Å². The number of hydrogen-bond acceptors (Lipinski definition) is 4. The molecule has 1 unspecified atom stereocenters. The number of hydrogen-bond donors (Lipinski definition) is 1. The van der Waals surface area contributed by atoms with Crippen LogP contribution in [0.25, 0.3) is 0 Å². The third kappa shape index (κ3) is 15.5. The van der Waals surface area contributed by atoms with E-state index in [-0.39, 0.29) is 12.1 Å². The zero-order chi connectivity index (χ0) is 17.2. The average Bonchev–Trinajstić information content (AvgIpc) is 2.57. The fraction of sp³-hybridized carbons (Fsp3) is 0.737. The van der Waals surface area contributed by atoms with Crippen molar-refractivity contribution in [3.8, 4) is 0 Å². The summed E-state index contributed by atoms with van der Waals surface area (Å²) in [6, 6.07) is 0. The Morgan fingerprint density at radius 1 is 1.04 bits per heavy atom. The second-order valence-electron chi connectivity index (χ2n) is 5.84. The van der Waals surface area contributed by atoms with Crippen molar-refractivity contribution < 1.29 is 19.7 Å². The monoisotopic (exact) mass is 326 g/mol. The van der Waals surface area contributed by atoms with E-state index in [1.165, 1.54) is 39.2 Å². The highest BCUT2D eigenvalue weighted by Crippen LogP contribution is 2.09. The molecule has 0 aliphatic rings. The molecule has 1 atom stereocenters. The van der Waals surface area contributed by atoms with Gasteiger partial charge in [0.2, 0.25) is 0 Å². The van der Waals surface area contributed by atoms with Crippen molar-refractivity contribution in [3.63, 3.8) is 0 Å². The van der Waals surface area contributed by atoms with Crippen molar-refractivity contribution in [2.24, 2.45) is 0 Å². The minimum atomic E-state index is -0.194. The van der Waals surface area contributed by atoms with Crippen molar-refractivity contribution in [2.75, 3.05) is 7.11 Å². The minimum absolute atomic E-state index is 0.112. The zero-order valence-electron chi connectivity index (χ0n) is 14.8. The van der Waals surface area contributed by atoms with Gasteiger partial charge in [-0.05, 0) is 25.7 Å². The van der Waals surface area contributed by atoms with Crippen molar-refractivity contribution in [3.05, 3.63) is 24.3 Å². The van der Waals surface area contributed by atoms with Gasteiger partial charge in [-0.15, -0.1) is 0 Å². The third-order valence-electron chi connectivity index (χ3n) is 3.78. The van der Waals surface area contributed by atoms with Crippen LogP contribution in [0.2, 0.25) is 0 Å². The largest absolute Gasteiger partial charge is 0.469 e. The molecule has 0 saturated heterocycles. The number of esters is 1. The van der Waals surface area contributed by atoms with Crippen LogP contribution in [0.3, 0.4) is 0 Å². The highest BCUT2D eigenvalue weighted by atomic mass is 17.1. The van der Waals surface area contributed by atoms with Gasteiger partial charge in [0.25, 0.3) is 0 Å². The highest BCUT2D eigenvalue weighted by Gasteiger charge is 2.02. The molecule has 4 nitrogen and oxygen atoms in total. The molecule has 0 bridgehead atoms. The summed E-state index contributed by atoms with van der Waals surface area (Å²) >= 11 is 0. The lowest BCUT2D eigenvalue weighted by atomic mass is 10.1. The Balaban J connectivity index is 3.51. The van der Waals surface area contributed by atoms with Crippen molar-refractivity contribution >= 4 is 5.97 Å². The van der Waals surface area contributed by atoms with Gasteiger partial charge >= 0.3 is 5.97 Å². The number of ether oxygens (including phenoxy) is 1. The van der Waals surface area contributed by atoms with E-state index in [0.717, 1.165) is 32.1 Å². The maximum Gasteiger partial charge on any atom is 0.305 e. The van der Waals surface area contributed by atoms with E-state index >= 15 is 0 Å². The first-order valence-corrected chi connectivity index (χ1v) is 8.95. The van der Waals surface area contributed by atoms with Crippen LogP contribution in [-0.4, -0.2) is 24.4 Å². The molecule has 0 aromatic rings. The van der Waals surface area contributed by atoms with Crippen LogP contribution in [0, 0.1) is 0 Å². The second kappa shape index (κ2) is 17.2. The maximum atomic E-state index is 10.9. The highest BCUT2D eigenvalue weighted by molar-refractivity contribution is 5.68. The topological polar surface area (TPSA) is 55.8 Å². The van der Waals surface area contributed by atoms with E-state index in [2.05, 4.69) is 22.6 Å². The number of allylic oxidation sites excluding steroid dienone is 3. The van der Waals surface area contributed by atoms with Crippen LogP contribution in [0.1, 0.15) is 77.6 Å². The standard InChI is InChI=1S/C19H34O4/c1-3-4-12-15-18(23-21)16-13-10-8-6-5-7-9-11-14-17-19(20)22-2/h8,10,13,16,18,21H,3-7,9,11-12,14-15,17H2,1-2H3. The molecule has 0 spiro atoms. The molecule has 0 aliphatic heterocycles. The minimum Gasteiger partial charge on any atom is -0.469 e. The molecule has 23 heavy (non-hydrogen) atoms. The molecule has 0 radical (unpaired) electrons. The second-order valence-corrected chi connectivity index (χ2v) is 5.84. The predicted octanol–water partition coefficient (Wildman–Crippen LogP) is 5.44. The maximum absolute atomic E-state index is 10.9. The summed E-state index contributed by atoms with van der Waals surface area (Å²) in [6.45, 7) is 2.16. The van der Waals surface area contributed by atoms with Gasteiger partial charge in [0, 0.05) is 6.42 Å². The van der Waals surface area contributed by atoms with E-state index in [0.29, 0.717) is 6.42 Å². The predicted molar refractivity (Wildman–Crippen MR) is 94.3 cm³/mol. The summed E-state index contributed by atoms with van der Waals surface area (Å²) in [5.41, 5.74) is 0. The molecule has 0 amide bonds. The zero-order valence-corrected chi connectivity index (χ0v) is 14.8. The van der Waals surface area contributed by atoms with Gasteiger partial charge < -0.3 is 4.74 Å². The van der Waals surface area contributed by atoms with Crippen molar-refractivity contribution in [1.82, 2.24) is 0 Å². The van der Waals surface area contributed by atoms with Crippen LogP contribution < -0.4 is 0 Å². The fourth-order valence-corrected chi connectivity index (χ4v) is 2.31. The first-order chi connectivity index (χ1) is 11.2. The normalized spacial score (nSPS) is 13.0. The number of unbranched alkanes of at least 4 members (excludes halogenated alkanes) is 7. The molecule has 0 aliphatic carbocycles. The lowest BCUT2D eigenvalue weighted by molar-refractivity contribution is -0.267. The van der Waals surface area contributed by atoms with Crippen LogP contribution in [0.15, 0.2) is 24.3 Å². The Kier molecular flexibility index (Phi) is 16.4. The first-order valence-electron chi connectivity index (χ1n) is 8.95. The first kappa shape index (κ1) is 21.9. The summed E-state index contributed by atoms with van der Waals surface area (Å²) in [5.74, 6) is -0.112. The van der Waals surface area contributed by atoms with E-state index in [9.17, 15) is 4.79 Å². The molecule has 1 N–H and O–H groups in total. The van der Waals surface area contributed by atoms with Crippen LogP contribution >= 0.6 is 0 Å². The number of carbonyl (C=O) groups excluding carboxylic acids is 1. The number of methoxy groups -OCH3 is 1. The Labute approximate surface area is 141 Å². The summed E-state index contributed by atoms with van der Waals surface area (Å²) in [6.07, 6.45) is 19.2. The summed E-state index contributed by atoms with van der Waals surface area (Å²) in [7, 11) is 1.43. The molecule has 0 saturated carbocycles. The Morgan fingerprint density at radius 2 is 1.78 bits per heavy atom. The van der Waals surface area contributed by atoms with Gasteiger partial charge in [-0.3, -0.25) is 10.1 Å². The third-order valence-corrected chi connectivity index (χ3v) is 3.78. The molecular formula is C19H34O4. The van der Waals surface area contributed by atoms with Crippen LogP contribution in [0.4, 0.5) is 0 Å². The molecular weight excluding hydrogens is 292 g/mol. The molecule has 4 heteroatoms. The average molecular weight is 326 g/mol. The number of rotatable bonds is 15. The molecule has 0 rings (SSSR count). The molecule has 134 valence electrons. The molecule has 0 aromatic heterocycles. The Hall–Kier alpha value is -1.13. The van der Waals surface area contributed by atoms with E-state index < -0.39 is 0 Å². The lowest BCUT2D eigenvalue weighted by Gasteiger charge is -2.07. The van der Waals surface area contributed by atoms with Gasteiger partial charge in [-0.25, -0.2) is 4.89 Å². The molecule has 0 heterocycles. The van der Waals surface area contributed by atoms with Crippen molar-refractivity contribution in [2.45, 2.75) is 83.7 Å². The van der Waals surface area contributed by atoms with Gasteiger partial charge in [-0.1, -0.05) is 69.8 Å². The van der Waals surface area contributed by atoms with E-state index in [1.807, 2.05) is 18.2 Å². The Bertz CT molecular complexity index is 323.